The summed E-state index contributed by atoms with van der Waals surface area (Å²) in [6, 6.07) is 16.7. The Balaban J connectivity index is 1.98. The fraction of sp³-hybridized carbons (Fsp3) is 0.0526. The molecule has 0 radical (unpaired) electrons. The van der Waals surface area contributed by atoms with E-state index in [1.54, 1.807) is 31.5 Å². The molecule has 5 heteroatoms. The first-order chi connectivity index (χ1) is 11.8. The number of benzene rings is 2. The molecule has 0 amide bonds. The topological polar surface area (TPSA) is 71.0 Å². The first-order valence-corrected chi connectivity index (χ1v) is 7.53. The van der Waals surface area contributed by atoms with Gasteiger partial charge in [-0.05, 0) is 30.3 Å². The van der Waals surface area contributed by atoms with Gasteiger partial charge in [0, 0.05) is 17.3 Å². The van der Waals surface area contributed by atoms with Crippen molar-refractivity contribution in [1.82, 2.24) is 15.2 Å². The lowest BCUT2D eigenvalue weighted by molar-refractivity contribution is 0.415. The van der Waals surface area contributed by atoms with E-state index >= 15 is 0 Å². The third-order valence-electron chi connectivity index (χ3n) is 3.94. The van der Waals surface area contributed by atoms with Crippen molar-refractivity contribution in [3.63, 3.8) is 0 Å². The Morgan fingerprint density at radius 2 is 1.75 bits per heavy atom. The minimum Gasteiger partial charge on any atom is -0.508 e. The number of hydrogen-bond acceptors (Lipinski definition) is 4. The lowest BCUT2D eigenvalue weighted by Crippen LogP contribution is -1.88. The van der Waals surface area contributed by atoms with Crippen LogP contribution in [0.25, 0.3) is 33.4 Å². The summed E-state index contributed by atoms with van der Waals surface area (Å²) in [7, 11) is 1.64. The van der Waals surface area contributed by atoms with Gasteiger partial charge in [0.25, 0.3) is 0 Å². The summed E-state index contributed by atoms with van der Waals surface area (Å²) in [5.41, 5.74) is 4.24. The maximum Gasteiger partial charge on any atom is 0.119 e. The van der Waals surface area contributed by atoms with Crippen LogP contribution >= 0.6 is 0 Å². The predicted octanol–water partition coefficient (Wildman–Crippen LogP) is 4.01. The predicted molar refractivity (Wildman–Crippen MR) is 93.0 cm³/mol. The Hall–Kier alpha value is -3.34. The summed E-state index contributed by atoms with van der Waals surface area (Å²) in [5, 5.41) is 18.2. The van der Waals surface area contributed by atoms with E-state index in [9.17, 15) is 5.11 Å². The molecule has 0 saturated heterocycles. The normalized spacial score (nSPS) is 10.9. The Kier molecular flexibility index (Phi) is 3.39. The third-order valence-corrected chi connectivity index (χ3v) is 3.94. The zero-order valence-electron chi connectivity index (χ0n) is 13.0. The van der Waals surface area contributed by atoms with Crippen molar-refractivity contribution in [3.8, 4) is 34.0 Å². The van der Waals surface area contributed by atoms with E-state index in [1.165, 1.54) is 0 Å². The Morgan fingerprint density at radius 1 is 0.958 bits per heavy atom. The summed E-state index contributed by atoms with van der Waals surface area (Å²) >= 11 is 0. The molecule has 0 atom stereocenters. The standard InChI is InChI=1S/C19H15N3O2/c1-24-15-7-3-5-13(11-15)19-17-16(21-22-19)8-9-20-18(17)12-4-2-6-14(23)10-12/h2-11,23H,1H3,(H,21,22). The summed E-state index contributed by atoms with van der Waals surface area (Å²) in [4.78, 5) is 4.52. The summed E-state index contributed by atoms with van der Waals surface area (Å²) in [6.45, 7) is 0. The number of phenolic OH excluding ortho intramolecular Hbond substituents is 1. The van der Waals surface area contributed by atoms with Crippen molar-refractivity contribution in [2.45, 2.75) is 0 Å². The number of aromatic amines is 1. The van der Waals surface area contributed by atoms with Gasteiger partial charge in [-0.25, -0.2) is 0 Å². The molecule has 118 valence electrons. The second-order valence-corrected chi connectivity index (χ2v) is 5.44. The molecule has 0 aliphatic heterocycles. The van der Waals surface area contributed by atoms with Crippen molar-refractivity contribution in [2.75, 3.05) is 7.11 Å². The van der Waals surface area contributed by atoms with Gasteiger partial charge >= 0.3 is 0 Å². The van der Waals surface area contributed by atoms with Crippen LogP contribution in [-0.4, -0.2) is 27.4 Å². The van der Waals surface area contributed by atoms with E-state index in [2.05, 4.69) is 15.2 Å². The zero-order valence-corrected chi connectivity index (χ0v) is 13.0. The van der Waals surface area contributed by atoms with Gasteiger partial charge in [0.2, 0.25) is 0 Å². The number of pyridine rings is 1. The maximum atomic E-state index is 9.78. The van der Waals surface area contributed by atoms with Crippen LogP contribution < -0.4 is 4.74 Å². The number of phenols is 1. The van der Waals surface area contributed by atoms with E-state index in [-0.39, 0.29) is 5.75 Å². The minimum atomic E-state index is 0.206. The molecule has 0 spiro atoms. The fourth-order valence-corrected chi connectivity index (χ4v) is 2.82. The maximum absolute atomic E-state index is 9.78. The van der Waals surface area contributed by atoms with Gasteiger partial charge in [0.1, 0.15) is 17.2 Å². The van der Waals surface area contributed by atoms with E-state index in [1.807, 2.05) is 36.4 Å². The first-order valence-electron chi connectivity index (χ1n) is 7.53. The van der Waals surface area contributed by atoms with Crippen molar-refractivity contribution in [3.05, 3.63) is 60.8 Å². The molecule has 0 aliphatic carbocycles. The average molecular weight is 317 g/mol. The van der Waals surface area contributed by atoms with Gasteiger partial charge in [-0.1, -0.05) is 24.3 Å². The molecule has 4 aromatic rings. The lowest BCUT2D eigenvalue weighted by atomic mass is 10.0. The number of aromatic hydroxyl groups is 1. The molecule has 0 bridgehead atoms. The molecule has 2 N–H and O–H groups in total. The third kappa shape index (κ3) is 2.36. The van der Waals surface area contributed by atoms with Crippen LogP contribution in [0.15, 0.2) is 60.8 Å². The SMILES string of the molecule is COc1cccc(-c2n[nH]c3ccnc(-c4cccc(O)c4)c23)c1. The molecule has 0 aliphatic rings. The Morgan fingerprint density at radius 3 is 2.54 bits per heavy atom. The number of rotatable bonds is 3. The number of H-pyrrole nitrogens is 1. The summed E-state index contributed by atoms with van der Waals surface area (Å²) in [6.07, 6.45) is 1.73. The van der Waals surface area contributed by atoms with Crippen molar-refractivity contribution in [2.24, 2.45) is 0 Å². The molecule has 24 heavy (non-hydrogen) atoms. The molecule has 2 aromatic heterocycles. The van der Waals surface area contributed by atoms with Gasteiger partial charge in [0.05, 0.1) is 23.7 Å². The Labute approximate surface area is 138 Å². The summed E-state index contributed by atoms with van der Waals surface area (Å²) < 4.78 is 5.31. The second-order valence-electron chi connectivity index (χ2n) is 5.44. The quantitative estimate of drug-likeness (QED) is 0.599. The van der Waals surface area contributed by atoms with Crippen LogP contribution in [-0.2, 0) is 0 Å². The number of aromatic nitrogens is 3. The highest BCUT2D eigenvalue weighted by Gasteiger charge is 2.15. The smallest absolute Gasteiger partial charge is 0.119 e. The number of methoxy groups -OCH3 is 1. The average Bonchev–Trinajstić information content (AvgIpc) is 3.06. The number of hydrogen-bond donors (Lipinski definition) is 2. The van der Waals surface area contributed by atoms with Crippen LogP contribution in [0.1, 0.15) is 0 Å². The van der Waals surface area contributed by atoms with Gasteiger partial charge in [0.15, 0.2) is 0 Å². The monoisotopic (exact) mass is 317 g/mol. The van der Waals surface area contributed by atoms with Crippen molar-refractivity contribution < 1.29 is 9.84 Å². The largest absolute Gasteiger partial charge is 0.508 e. The highest BCUT2D eigenvalue weighted by atomic mass is 16.5. The molecular formula is C19H15N3O2. The zero-order chi connectivity index (χ0) is 16.5. The van der Waals surface area contributed by atoms with Crippen LogP contribution in [0.5, 0.6) is 11.5 Å². The van der Waals surface area contributed by atoms with Gasteiger partial charge in [-0.15, -0.1) is 0 Å². The highest BCUT2D eigenvalue weighted by Crippen LogP contribution is 2.35. The number of nitrogens with one attached hydrogen (secondary N) is 1. The van der Waals surface area contributed by atoms with Crippen LogP contribution in [0.2, 0.25) is 0 Å². The van der Waals surface area contributed by atoms with Gasteiger partial charge < -0.3 is 9.84 Å². The molecule has 0 saturated carbocycles. The molecule has 2 heterocycles. The van der Waals surface area contributed by atoms with Gasteiger partial charge in [-0.3, -0.25) is 10.1 Å². The second kappa shape index (κ2) is 5.70. The van der Waals surface area contributed by atoms with Gasteiger partial charge in [-0.2, -0.15) is 5.10 Å². The van der Waals surface area contributed by atoms with Crippen molar-refractivity contribution in [1.29, 1.82) is 0 Å². The minimum absolute atomic E-state index is 0.206. The van der Waals surface area contributed by atoms with Crippen LogP contribution in [0, 0.1) is 0 Å². The molecular weight excluding hydrogens is 302 g/mol. The molecule has 0 unspecified atom stereocenters. The lowest BCUT2D eigenvalue weighted by Gasteiger charge is -2.06. The Bertz CT molecular complexity index is 1020. The highest BCUT2D eigenvalue weighted by molar-refractivity contribution is 6.02. The van der Waals surface area contributed by atoms with E-state index in [4.69, 9.17) is 4.74 Å². The van der Waals surface area contributed by atoms with Crippen LogP contribution in [0.3, 0.4) is 0 Å². The number of ether oxygens (including phenoxy) is 1. The van der Waals surface area contributed by atoms with Crippen LogP contribution in [0.4, 0.5) is 0 Å². The molecule has 0 fully saturated rings. The number of nitrogens with zero attached hydrogens (tertiary/aromatic N) is 2. The van der Waals surface area contributed by atoms with E-state index in [0.717, 1.165) is 39.2 Å². The molecule has 4 rings (SSSR count). The molecule has 2 aromatic carbocycles. The summed E-state index contributed by atoms with van der Waals surface area (Å²) in [5.74, 6) is 0.976. The number of fused-ring (bicyclic) bond motifs is 1. The first kappa shape index (κ1) is 14.3. The fourth-order valence-electron chi connectivity index (χ4n) is 2.82. The van der Waals surface area contributed by atoms with E-state index < -0.39 is 0 Å². The van der Waals surface area contributed by atoms with E-state index in [0.29, 0.717) is 0 Å². The van der Waals surface area contributed by atoms with Crippen molar-refractivity contribution >= 4 is 10.9 Å². The molecule has 5 nitrogen and oxygen atoms in total.